The van der Waals surface area contributed by atoms with Crippen LogP contribution in [0.5, 0.6) is 5.75 Å². The number of ether oxygens (including phenoxy) is 1. The van der Waals surface area contributed by atoms with Crippen LogP contribution in [0.2, 0.25) is 0 Å². The van der Waals surface area contributed by atoms with Gasteiger partial charge in [0.05, 0.1) is 7.11 Å². The zero-order valence-corrected chi connectivity index (χ0v) is 20.1. The summed E-state index contributed by atoms with van der Waals surface area (Å²) in [6.07, 6.45) is 0. The number of carbonyl (C=O) groups is 1. The number of hydrogen-bond acceptors (Lipinski definition) is 3. The molecule has 2 aromatic rings. The van der Waals surface area contributed by atoms with Crippen LogP contribution in [-0.2, 0) is 5.41 Å². The van der Waals surface area contributed by atoms with Crippen LogP contribution in [0.15, 0.2) is 53.5 Å². The third-order valence-corrected chi connectivity index (χ3v) is 4.58. The number of rotatable bonds is 8. The van der Waals surface area contributed by atoms with Crippen LogP contribution < -0.4 is 20.7 Å². The van der Waals surface area contributed by atoms with Crippen LogP contribution in [0.4, 0.5) is 4.39 Å². The van der Waals surface area contributed by atoms with E-state index in [1.165, 1.54) is 6.07 Å². The number of nitrogens with zero attached hydrogens (tertiary/aromatic N) is 1. The second-order valence-corrected chi connectivity index (χ2v) is 7.23. The van der Waals surface area contributed by atoms with E-state index in [-0.39, 0.29) is 41.1 Å². The lowest BCUT2D eigenvalue weighted by molar-refractivity contribution is 0.0954. The minimum absolute atomic E-state index is 0. The molecule has 0 unspecified atom stereocenters. The van der Waals surface area contributed by atoms with E-state index in [1.54, 1.807) is 50.6 Å². The van der Waals surface area contributed by atoms with Gasteiger partial charge in [-0.3, -0.25) is 9.79 Å². The standard InChI is InChI=1S/C22H29FN4O2.HI/c1-22(2,17-6-5-7-18(23)14-17)15-27-21(24-3)26-13-12-25-20(28)16-8-10-19(29-4)11-9-16;/h5-11,14H,12-13,15H2,1-4H3,(H,25,28)(H2,24,26,27);1H. The summed E-state index contributed by atoms with van der Waals surface area (Å²) in [5.41, 5.74) is 1.21. The normalized spacial score (nSPS) is 11.3. The molecule has 1 amide bonds. The number of amides is 1. The molecule has 2 rings (SSSR count). The Morgan fingerprint density at radius 2 is 1.73 bits per heavy atom. The summed E-state index contributed by atoms with van der Waals surface area (Å²) in [7, 11) is 3.27. The van der Waals surface area contributed by atoms with Crippen LogP contribution in [0.1, 0.15) is 29.8 Å². The van der Waals surface area contributed by atoms with Gasteiger partial charge in [0.2, 0.25) is 0 Å². The van der Waals surface area contributed by atoms with Crippen LogP contribution in [0.3, 0.4) is 0 Å². The van der Waals surface area contributed by atoms with E-state index in [0.29, 0.717) is 36.9 Å². The molecular formula is C22H30FIN4O2. The molecule has 8 heteroatoms. The van der Waals surface area contributed by atoms with Crippen molar-refractivity contribution in [2.75, 3.05) is 33.8 Å². The highest BCUT2D eigenvalue weighted by Crippen LogP contribution is 2.22. The minimum atomic E-state index is -0.275. The molecule has 0 atom stereocenters. The van der Waals surface area contributed by atoms with Gasteiger partial charge in [-0.05, 0) is 42.0 Å². The molecular weight excluding hydrogens is 498 g/mol. The van der Waals surface area contributed by atoms with Gasteiger partial charge in [-0.25, -0.2) is 4.39 Å². The predicted molar refractivity (Wildman–Crippen MR) is 130 cm³/mol. The maximum absolute atomic E-state index is 13.5. The molecule has 0 aliphatic heterocycles. The summed E-state index contributed by atoms with van der Waals surface area (Å²) in [4.78, 5) is 16.3. The van der Waals surface area contributed by atoms with Crippen LogP contribution in [-0.4, -0.2) is 45.7 Å². The highest BCUT2D eigenvalue weighted by molar-refractivity contribution is 14.0. The summed E-state index contributed by atoms with van der Waals surface area (Å²) in [5, 5.41) is 9.26. The largest absolute Gasteiger partial charge is 0.497 e. The third kappa shape index (κ3) is 7.81. The molecule has 0 saturated carbocycles. The molecule has 6 nitrogen and oxygen atoms in total. The Morgan fingerprint density at radius 3 is 2.33 bits per heavy atom. The Kier molecular flexibility index (Phi) is 10.6. The lowest BCUT2D eigenvalue weighted by Gasteiger charge is -2.27. The molecule has 0 saturated heterocycles. The average molecular weight is 528 g/mol. The predicted octanol–water partition coefficient (Wildman–Crippen LogP) is 3.32. The number of hydrogen-bond donors (Lipinski definition) is 3. The van der Waals surface area contributed by atoms with E-state index in [1.807, 2.05) is 19.9 Å². The fourth-order valence-electron chi connectivity index (χ4n) is 2.74. The van der Waals surface area contributed by atoms with E-state index in [0.717, 1.165) is 5.56 Å². The first kappa shape index (κ1) is 25.7. The molecule has 164 valence electrons. The van der Waals surface area contributed by atoms with Crippen molar-refractivity contribution >= 4 is 35.8 Å². The van der Waals surface area contributed by atoms with Crippen molar-refractivity contribution in [2.45, 2.75) is 19.3 Å². The Labute approximate surface area is 194 Å². The van der Waals surface area contributed by atoms with Crippen molar-refractivity contribution in [1.82, 2.24) is 16.0 Å². The second kappa shape index (κ2) is 12.4. The lowest BCUT2D eigenvalue weighted by Crippen LogP contribution is -2.45. The Bertz CT molecular complexity index is 841. The molecule has 0 aliphatic rings. The highest BCUT2D eigenvalue weighted by atomic mass is 127. The molecule has 0 fully saturated rings. The smallest absolute Gasteiger partial charge is 0.251 e. The molecule has 0 bridgehead atoms. The van der Waals surface area contributed by atoms with Gasteiger partial charge in [-0.15, -0.1) is 24.0 Å². The monoisotopic (exact) mass is 528 g/mol. The van der Waals surface area contributed by atoms with E-state index in [9.17, 15) is 9.18 Å². The van der Waals surface area contributed by atoms with E-state index in [2.05, 4.69) is 20.9 Å². The van der Waals surface area contributed by atoms with Crippen molar-refractivity contribution in [3.05, 3.63) is 65.5 Å². The molecule has 30 heavy (non-hydrogen) atoms. The van der Waals surface area contributed by atoms with Crippen LogP contribution >= 0.6 is 24.0 Å². The van der Waals surface area contributed by atoms with E-state index < -0.39 is 0 Å². The fourth-order valence-corrected chi connectivity index (χ4v) is 2.74. The number of methoxy groups -OCH3 is 1. The number of benzene rings is 2. The molecule has 0 aliphatic carbocycles. The molecule has 0 radical (unpaired) electrons. The first-order chi connectivity index (χ1) is 13.9. The molecule has 0 aromatic heterocycles. The number of nitrogens with one attached hydrogen (secondary N) is 3. The van der Waals surface area contributed by atoms with Gasteiger partial charge in [-0.2, -0.15) is 0 Å². The van der Waals surface area contributed by atoms with Crippen molar-refractivity contribution in [3.8, 4) is 5.75 Å². The van der Waals surface area contributed by atoms with Crippen molar-refractivity contribution in [1.29, 1.82) is 0 Å². The van der Waals surface area contributed by atoms with E-state index >= 15 is 0 Å². The summed E-state index contributed by atoms with van der Waals surface area (Å²) < 4.78 is 18.6. The molecule has 3 N–H and O–H groups in total. The summed E-state index contributed by atoms with van der Waals surface area (Å²) in [6.45, 7) is 5.61. The highest BCUT2D eigenvalue weighted by Gasteiger charge is 2.21. The quantitative estimate of drug-likeness (QED) is 0.213. The summed E-state index contributed by atoms with van der Waals surface area (Å²) in [6, 6.07) is 13.5. The Hall–Kier alpha value is -2.36. The Balaban J connectivity index is 0.00000450. The van der Waals surface area contributed by atoms with Crippen molar-refractivity contribution in [3.63, 3.8) is 0 Å². The summed E-state index contributed by atoms with van der Waals surface area (Å²) in [5.74, 6) is 0.933. The fraction of sp³-hybridized carbons (Fsp3) is 0.364. The first-order valence-electron chi connectivity index (χ1n) is 9.48. The maximum atomic E-state index is 13.5. The first-order valence-corrected chi connectivity index (χ1v) is 9.48. The van der Waals surface area contributed by atoms with Crippen molar-refractivity contribution < 1.29 is 13.9 Å². The number of guanidine groups is 1. The molecule has 2 aromatic carbocycles. The lowest BCUT2D eigenvalue weighted by atomic mass is 9.84. The topological polar surface area (TPSA) is 74.8 Å². The minimum Gasteiger partial charge on any atom is -0.497 e. The third-order valence-electron chi connectivity index (χ3n) is 4.58. The van der Waals surface area contributed by atoms with Gasteiger partial charge in [0.25, 0.3) is 5.91 Å². The number of carbonyl (C=O) groups excluding carboxylic acids is 1. The zero-order chi connectivity index (χ0) is 21.3. The number of halogens is 2. The molecule has 0 spiro atoms. The van der Waals surface area contributed by atoms with Gasteiger partial charge in [0.1, 0.15) is 11.6 Å². The van der Waals surface area contributed by atoms with Gasteiger partial charge < -0.3 is 20.7 Å². The van der Waals surface area contributed by atoms with Gasteiger partial charge in [0, 0.05) is 37.7 Å². The average Bonchev–Trinajstić information content (AvgIpc) is 2.73. The SMILES string of the molecule is CN=C(NCCNC(=O)c1ccc(OC)cc1)NCC(C)(C)c1cccc(F)c1.I. The summed E-state index contributed by atoms with van der Waals surface area (Å²) >= 11 is 0. The van der Waals surface area contributed by atoms with Crippen LogP contribution in [0.25, 0.3) is 0 Å². The van der Waals surface area contributed by atoms with Crippen LogP contribution in [0, 0.1) is 5.82 Å². The maximum Gasteiger partial charge on any atom is 0.251 e. The van der Waals surface area contributed by atoms with Gasteiger partial charge in [-0.1, -0.05) is 26.0 Å². The Morgan fingerprint density at radius 1 is 1.07 bits per heavy atom. The zero-order valence-electron chi connectivity index (χ0n) is 17.8. The molecule has 0 heterocycles. The van der Waals surface area contributed by atoms with Gasteiger partial charge in [0.15, 0.2) is 5.96 Å². The second-order valence-electron chi connectivity index (χ2n) is 7.23. The van der Waals surface area contributed by atoms with E-state index in [4.69, 9.17) is 4.74 Å². The van der Waals surface area contributed by atoms with Crippen molar-refractivity contribution in [2.24, 2.45) is 4.99 Å². The van der Waals surface area contributed by atoms with Gasteiger partial charge >= 0.3 is 0 Å². The number of aliphatic imine (C=N–C) groups is 1.